The predicted molar refractivity (Wildman–Crippen MR) is 55.6 cm³/mol. The second kappa shape index (κ2) is 3.72. The van der Waals surface area contributed by atoms with E-state index in [0.717, 1.165) is 0 Å². The van der Waals surface area contributed by atoms with Gasteiger partial charge in [-0.3, -0.25) is 0 Å². The van der Waals surface area contributed by atoms with Gasteiger partial charge in [0.15, 0.2) is 0 Å². The number of hydrogen-bond donors (Lipinski definition) is 2. The highest BCUT2D eigenvalue weighted by atomic mass is 16.4. The van der Waals surface area contributed by atoms with Crippen molar-refractivity contribution in [2.45, 2.75) is 39.3 Å². The summed E-state index contributed by atoms with van der Waals surface area (Å²) in [5.41, 5.74) is -0.00106. The van der Waals surface area contributed by atoms with Crippen LogP contribution in [0.4, 0.5) is 4.79 Å². The van der Waals surface area contributed by atoms with Gasteiger partial charge in [-0.2, -0.15) is 0 Å². The Kier molecular flexibility index (Phi) is 2.93. The molecule has 15 heavy (non-hydrogen) atoms. The molecule has 0 aromatic heterocycles. The SMILES string of the molecule is CN1C(=O)NC(C(=O)O)C1CC(C)(C)C. The molecule has 0 spiro atoms. The number of amides is 2. The molecule has 0 aromatic carbocycles. The van der Waals surface area contributed by atoms with E-state index in [2.05, 4.69) is 5.32 Å². The summed E-state index contributed by atoms with van der Waals surface area (Å²) in [6.07, 6.45) is 0.666. The van der Waals surface area contributed by atoms with Crippen molar-refractivity contribution in [1.29, 1.82) is 0 Å². The molecule has 0 saturated carbocycles. The van der Waals surface area contributed by atoms with Crippen LogP contribution in [0.5, 0.6) is 0 Å². The normalized spacial score (nSPS) is 26.7. The maximum absolute atomic E-state index is 11.3. The first kappa shape index (κ1) is 11.8. The van der Waals surface area contributed by atoms with E-state index in [9.17, 15) is 9.59 Å². The molecule has 1 fully saturated rings. The maximum Gasteiger partial charge on any atom is 0.328 e. The summed E-state index contributed by atoms with van der Waals surface area (Å²) in [6.45, 7) is 6.09. The molecule has 1 rings (SSSR count). The van der Waals surface area contributed by atoms with Crippen molar-refractivity contribution in [3.05, 3.63) is 0 Å². The number of hydrogen-bond acceptors (Lipinski definition) is 2. The lowest BCUT2D eigenvalue weighted by molar-refractivity contribution is -0.139. The van der Waals surface area contributed by atoms with Gasteiger partial charge in [-0.1, -0.05) is 20.8 Å². The van der Waals surface area contributed by atoms with Crippen LogP contribution in [0, 0.1) is 5.41 Å². The van der Waals surface area contributed by atoms with Crippen molar-refractivity contribution < 1.29 is 14.7 Å². The summed E-state index contributed by atoms with van der Waals surface area (Å²) in [4.78, 5) is 23.8. The lowest BCUT2D eigenvalue weighted by Gasteiger charge is -2.28. The van der Waals surface area contributed by atoms with Crippen LogP contribution < -0.4 is 5.32 Å². The summed E-state index contributed by atoms with van der Waals surface area (Å²) >= 11 is 0. The van der Waals surface area contributed by atoms with Crippen LogP contribution in [0.15, 0.2) is 0 Å². The van der Waals surface area contributed by atoms with Crippen molar-refractivity contribution >= 4 is 12.0 Å². The second-order valence-electron chi connectivity index (χ2n) is 5.21. The molecule has 0 aliphatic carbocycles. The van der Waals surface area contributed by atoms with Crippen LogP contribution in [-0.4, -0.2) is 41.1 Å². The smallest absolute Gasteiger partial charge is 0.328 e. The standard InChI is InChI=1S/C10H18N2O3/c1-10(2,3)5-6-7(8(13)14)11-9(15)12(6)4/h6-7H,5H2,1-4H3,(H,11,15)(H,13,14). The first-order chi connectivity index (χ1) is 6.72. The van der Waals surface area contributed by atoms with Gasteiger partial charge in [0, 0.05) is 7.05 Å². The summed E-state index contributed by atoms with van der Waals surface area (Å²) in [7, 11) is 1.63. The summed E-state index contributed by atoms with van der Waals surface area (Å²) in [6, 6.07) is -1.37. The number of nitrogens with zero attached hydrogens (tertiary/aromatic N) is 1. The first-order valence-electron chi connectivity index (χ1n) is 4.98. The minimum Gasteiger partial charge on any atom is -0.480 e. The highest BCUT2D eigenvalue weighted by molar-refractivity contribution is 5.87. The number of carboxylic acid groups (broad SMARTS) is 1. The average molecular weight is 214 g/mol. The third kappa shape index (κ3) is 2.61. The summed E-state index contributed by atoms with van der Waals surface area (Å²) < 4.78 is 0. The van der Waals surface area contributed by atoms with Crippen LogP contribution in [0.25, 0.3) is 0 Å². The monoisotopic (exact) mass is 214 g/mol. The highest BCUT2D eigenvalue weighted by Crippen LogP contribution is 2.27. The maximum atomic E-state index is 11.3. The van der Waals surface area contributed by atoms with E-state index in [1.807, 2.05) is 20.8 Å². The van der Waals surface area contributed by atoms with Gasteiger partial charge in [-0.15, -0.1) is 0 Å². The Morgan fingerprint density at radius 1 is 1.53 bits per heavy atom. The van der Waals surface area contributed by atoms with Gasteiger partial charge >= 0.3 is 12.0 Å². The van der Waals surface area contributed by atoms with Crippen LogP contribution in [0.2, 0.25) is 0 Å². The molecule has 1 aliphatic rings. The molecule has 0 bridgehead atoms. The van der Waals surface area contributed by atoms with Gasteiger partial charge in [0.25, 0.3) is 0 Å². The lowest BCUT2D eigenvalue weighted by Crippen LogP contribution is -2.42. The third-order valence-corrected chi connectivity index (χ3v) is 2.57. The molecule has 2 atom stereocenters. The number of carbonyl (C=O) groups excluding carboxylic acids is 1. The van der Waals surface area contributed by atoms with E-state index in [-0.39, 0.29) is 17.5 Å². The van der Waals surface area contributed by atoms with Crippen LogP contribution in [0.3, 0.4) is 0 Å². The Morgan fingerprint density at radius 2 is 2.07 bits per heavy atom. The lowest BCUT2D eigenvalue weighted by atomic mass is 9.85. The quantitative estimate of drug-likeness (QED) is 0.717. The number of carbonyl (C=O) groups is 2. The number of likely N-dealkylation sites (N-methyl/N-ethyl adjacent to an activating group) is 1. The summed E-state index contributed by atoms with van der Waals surface area (Å²) in [5, 5.41) is 11.4. The third-order valence-electron chi connectivity index (χ3n) is 2.57. The van der Waals surface area contributed by atoms with Gasteiger partial charge < -0.3 is 15.3 Å². The molecule has 5 heteroatoms. The molecule has 2 amide bonds. The molecule has 1 aliphatic heterocycles. The molecular weight excluding hydrogens is 196 g/mol. The van der Waals surface area contributed by atoms with Crippen LogP contribution in [-0.2, 0) is 4.79 Å². The van der Waals surface area contributed by atoms with Crippen molar-refractivity contribution in [3.63, 3.8) is 0 Å². The van der Waals surface area contributed by atoms with Gasteiger partial charge in [0.1, 0.15) is 6.04 Å². The second-order valence-corrected chi connectivity index (χ2v) is 5.21. The Balaban J connectivity index is 2.82. The van der Waals surface area contributed by atoms with Gasteiger partial charge in [0.05, 0.1) is 6.04 Å². The van der Waals surface area contributed by atoms with Gasteiger partial charge in [-0.05, 0) is 11.8 Å². The molecule has 2 unspecified atom stereocenters. The Hall–Kier alpha value is -1.26. The van der Waals surface area contributed by atoms with E-state index >= 15 is 0 Å². The minimum absolute atomic E-state index is 0.00106. The summed E-state index contributed by atoms with van der Waals surface area (Å²) in [5.74, 6) is -0.970. The molecule has 1 saturated heterocycles. The zero-order valence-corrected chi connectivity index (χ0v) is 9.57. The van der Waals surface area contributed by atoms with Crippen molar-refractivity contribution in [2.24, 2.45) is 5.41 Å². The van der Waals surface area contributed by atoms with Crippen LogP contribution >= 0.6 is 0 Å². The van der Waals surface area contributed by atoms with Gasteiger partial charge in [-0.25, -0.2) is 9.59 Å². The molecule has 5 nitrogen and oxygen atoms in total. The molecule has 1 heterocycles. The zero-order valence-electron chi connectivity index (χ0n) is 9.57. The van der Waals surface area contributed by atoms with E-state index in [1.165, 1.54) is 4.90 Å². The largest absolute Gasteiger partial charge is 0.480 e. The van der Waals surface area contributed by atoms with Crippen molar-refractivity contribution in [1.82, 2.24) is 10.2 Å². The fourth-order valence-electron chi connectivity index (χ4n) is 1.81. The number of urea groups is 1. The number of carboxylic acids is 1. The van der Waals surface area contributed by atoms with Crippen molar-refractivity contribution in [2.75, 3.05) is 7.05 Å². The predicted octanol–water partition coefficient (Wildman–Crippen LogP) is 0.899. The Bertz CT molecular complexity index is 283. The fraction of sp³-hybridized carbons (Fsp3) is 0.800. The Morgan fingerprint density at radius 3 is 2.47 bits per heavy atom. The number of rotatable bonds is 2. The topological polar surface area (TPSA) is 69.6 Å². The van der Waals surface area contributed by atoms with Crippen molar-refractivity contribution in [3.8, 4) is 0 Å². The van der Waals surface area contributed by atoms with Crippen LogP contribution in [0.1, 0.15) is 27.2 Å². The fourth-order valence-corrected chi connectivity index (χ4v) is 1.81. The zero-order chi connectivity index (χ0) is 11.8. The number of nitrogens with one attached hydrogen (secondary N) is 1. The molecule has 86 valence electrons. The van der Waals surface area contributed by atoms with E-state index < -0.39 is 12.0 Å². The van der Waals surface area contributed by atoms with Gasteiger partial charge in [0.2, 0.25) is 0 Å². The van der Waals surface area contributed by atoms with E-state index in [0.29, 0.717) is 6.42 Å². The molecule has 0 radical (unpaired) electrons. The average Bonchev–Trinajstić information content (AvgIpc) is 2.30. The first-order valence-corrected chi connectivity index (χ1v) is 4.98. The Labute approximate surface area is 89.4 Å². The molecule has 0 aromatic rings. The van der Waals surface area contributed by atoms with E-state index in [4.69, 9.17) is 5.11 Å². The number of aliphatic carboxylic acids is 1. The molecular formula is C10H18N2O3. The molecule has 2 N–H and O–H groups in total. The minimum atomic E-state index is -0.970. The highest BCUT2D eigenvalue weighted by Gasteiger charge is 2.42. The van der Waals surface area contributed by atoms with E-state index in [1.54, 1.807) is 7.05 Å².